The lowest BCUT2D eigenvalue weighted by Gasteiger charge is -2.26. The molecule has 0 aliphatic carbocycles. The van der Waals surface area contributed by atoms with Crippen molar-refractivity contribution in [2.75, 3.05) is 6.61 Å². The molecule has 4 N–H and O–H groups in total. The van der Waals surface area contributed by atoms with Gasteiger partial charge in [-0.05, 0) is 51.4 Å². The molecule has 380 valence electrons. The van der Waals surface area contributed by atoms with Crippen LogP contribution in [-0.2, 0) is 4.79 Å². The predicted octanol–water partition coefficient (Wildman–Crippen LogP) is 18.1. The number of amides is 1. The molecular formula is C59H115NO4. The smallest absolute Gasteiger partial charge is 0.220 e. The molecule has 0 aliphatic heterocycles. The van der Waals surface area contributed by atoms with E-state index in [0.29, 0.717) is 12.8 Å². The van der Waals surface area contributed by atoms with E-state index < -0.39 is 18.2 Å². The minimum atomic E-state index is -1.17. The second kappa shape index (κ2) is 54.4. The maximum atomic E-state index is 12.5. The zero-order valence-corrected chi connectivity index (χ0v) is 43.4. The van der Waals surface area contributed by atoms with Crippen LogP contribution in [0.4, 0.5) is 0 Å². The summed E-state index contributed by atoms with van der Waals surface area (Å²) >= 11 is 0. The lowest BCUT2D eigenvalue weighted by atomic mass is 10.0. The van der Waals surface area contributed by atoms with Gasteiger partial charge in [-0.1, -0.05) is 289 Å². The van der Waals surface area contributed by atoms with Crippen LogP contribution < -0.4 is 5.32 Å². The number of hydrogen-bond donors (Lipinski definition) is 4. The molecule has 5 heteroatoms. The minimum Gasteiger partial charge on any atom is -0.394 e. The Hall–Kier alpha value is -1.17. The fourth-order valence-corrected chi connectivity index (χ4v) is 9.30. The molecule has 0 radical (unpaired) electrons. The van der Waals surface area contributed by atoms with Gasteiger partial charge in [0.25, 0.3) is 0 Å². The van der Waals surface area contributed by atoms with E-state index in [1.54, 1.807) is 0 Å². The van der Waals surface area contributed by atoms with Crippen LogP contribution in [0.5, 0.6) is 0 Å². The maximum absolute atomic E-state index is 12.5. The van der Waals surface area contributed by atoms with Crippen molar-refractivity contribution in [2.24, 2.45) is 0 Å². The number of aliphatic hydroxyl groups is 3. The maximum Gasteiger partial charge on any atom is 0.220 e. The van der Waals surface area contributed by atoms with Crippen LogP contribution in [0.1, 0.15) is 322 Å². The molecule has 0 bridgehead atoms. The van der Waals surface area contributed by atoms with Gasteiger partial charge in [0, 0.05) is 6.42 Å². The lowest BCUT2D eigenvalue weighted by Crippen LogP contribution is -2.50. The van der Waals surface area contributed by atoms with E-state index in [1.165, 1.54) is 250 Å². The first-order chi connectivity index (χ1) is 31.6. The van der Waals surface area contributed by atoms with E-state index in [4.69, 9.17) is 0 Å². The molecule has 5 nitrogen and oxygen atoms in total. The van der Waals surface area contributed by atoms with E-state index in [9.17, 15) is 20.1 Å². The van der Waals surface area contributed by atoms with Gasteiger partial charge in [-0.25, -0.2) is 0 Å². The molecule has 3 unspecified atom stereocenters. The largest absolute Gasteiger partial charge is 0.394 e. The Kier molecular flexibility index (Phi) is 53.4. The van der Waals surface area contributed by atoms with Crippen LogP contribution in [0.25, 0.3) is 0 Å². The molecule has 0 saturated heterocycles. The third-order valence-corrected chi connectivity index (χ3v) is 13.8. The van der Waals surface area contributed by atoms with Crippen LogP contribution in [0.15, 0.2) is 24.3 Å². The van der Waals surface area contributed by atoms with Gasteiger partial charge in [0.1, 0.15) is 6.10 Å². The van der Waals surface area contributed by atoms with Crippen molar-refractivity contribution in [3.8, 4) is 0 Å². The van der Waals surface area contributed by atoms with Crippen molar-refractivity contribution in [3.05, 3.63) is 24.3 Å². The second-order valence-corrected chi connectivity index (χ2v) is 20.2. The molecule has 0 aromatic heterocycles. The second-order valence-electron chi connectivity index (χ2n) is 20.2. The van der Waals surface area contributed by atoms with Crippen molar-refractivity contribution in [2.45, 2.75) is 340 Å². The number of carbonyl (C=O) groups is 1. The molecule has 1 amide bonds. The summed E-state index contributed by atoms with van der Waals surface area (Å²) in [5.74, 6) is -0.151. The number of aliphatic hydroxyl groups excluding tert-OH is 3. The predicted molar refractivity (Wildman–Crippen MR) is 282 cm³/mol. The Bertz CT molecular complexity index is 951. The summed E-state index contributed by atoms with van der Waals surface area (Å²) in [5.41, 5.74) is 0. The molecule has 0 fully saturated rings. The monoisotopic (exact) mass is 902 g/mol. The third-order valence-electron chi connectivity index (χ3n) is 13.8. The molecule has 3 atom stereocenters. The Morgan fingerprint density at radius 1 is 0.375 bits per heavy atom. The summed E-state index contributed by atoms with van der Waals surface area (Å²) in [6, 6.07) is -0.830. The zero-order valence-electron chi connectivity index (χ0n) is 43.4. The summed E-state index contributed by atoms with van der Waals surface area (Å²) in [6.45, 7) is 4.21. The molecule has 0 spiro atoms. The van der Waals surface area contributed by atoms with Crippen LogP contribution in [-0.4, -0.2) is 46.1 Å². The van der Waals surface area contributed by atoms with Crippen molar-refractivity contribution < 1.29 is 20.1 Å². The highest BCUT2D eigenvalue weighted by atomic mass is 16.3. The summed E-state index contributed by atoms with van der Waals surface area (Å²) in [4.78, 5) is 12.5. The van der Waals surface area contributed by atoms with Crippen LogP contribution in [0.2, 0.25) is 0 Å². The first kappa shape index (κ1) is 62.8. The first-order valence-corrected chi connectivity index (χ1v) is 29.1. The van der Waals surface area contributed by atoms with Gasteiger partial charge < -0.3 is 20.6 Å². The molecule has 64 heavy (non-hydrogen) atoms. The number of hydrogen-bond acceptors (Lipinski definition) is 4. The number of carbonyl (C=O) groups excluding carboxylic acids is 1. The van der Waals surface area contributed by atoms with Crippen LogP contribution in [0.3, 0.4) is 0 Å². The van der Waals surface area contributed by atoms with Gasteiger partial charge in [-0.2, -0.15) is 0 Å². The highest BCUT2D eigenvalue weighted by Crippen LogP contribution is 2.18. The quantitative estimate of drug-likeness (QED) is 0.0362. The summed E-state index contributed by atoms with van der Waals surface area (Å²) in [7, 11) is 0. The fourth-order valence-electron chi connectivity index (χ4n) is 9.30. The molecule has 0 rings (SSSR count). The highest BCUT2D eigenvalue weighted by molar-refractivity contribution is 5.76. The van der Waals surface area contributed by atoms with Crippen molar-refractivity contribution in [1.82, 2.24) is 5.32 Å². The summed E-state index contributed by atoms with van der Waals surface area (Å²) in [6.07, 6.45) is 69.2. The Morgan fingerprint density at radius 2 is 0.641 bits per heavy atom. The number of rotatable bonds is 54. The standard InChI is InChI=1S/C59H115NO4/c1-3-5-7-9-11-13-15-17-19-21-23-25-27-28-29-30-32-34-36-38-40-42-44-46-48-50-52-54-58(63)60-56(55-61)59(64)57(62)53-51-49-47-45-43-41-39-37-35-33-31-26-24-22-20-18-16-14-12-10-8-6-4-2/h37,39,45,47,56-57,59,61-62,64H,3-36,38,40-44,46,48-55H2,1-2H3,(H,60,63)/b39-37+,47-45+. The van der Waals surface area contributed by atoms with Gasteiger partial charge in [0.15, 0.2) is 0 Å². The van der Waals surface area contributed by atoms with Gasteiger partial charge in [0.2, 0.25) is 5.91 Å². The highest BCUT2D eigenvalue weighted by Gasteiger charge is 2.26. The third kappa shape index (κ3) is 48.8. The van der Waals surface area contributed by atoms with E-state index >= 15 is 0 Å². The number of nitrogens with one attached hydrogen (secondary N) is 1. The first-order valence-electron chi connectivity index (χ1n) is 29.1. The number of unbranched alkanes of at least 4 members (excludes halogenated alkanes) is 42. The lowest BCUT2D eigenvalue weighted by molar-refractivity contribution is -0.124. The Labute approximate surface area is 401 Å². The summed E-state index contributed by atoms with van der Waals surface area (Å²) < 4.78 is 0. The minimum absolute atomic E-state index is 0.151. The normalized spacial score (nSPS) is 13.4. The Morgan fingerprint density at radius 3 is 0.953 bits per heavy atom. The summed E-state index contributed by atoms with van der Waals surface area (Å²) in [5, 5.41) is 33.8. The molecule has 0 aliphatic rings. The van der Waals surface area contributed by atoms with E-state index in [2.05, 4.69) is 43.5 Å². The number of allylic oxidation sites excluding steroid dienone is 4. The van der Waals surface area contributed by atoms with Crippen molar-refractivity contribution in [3.63, 3.8) is 0 Å². The van der Waals surface area contributed by atoms with Crippen molar-refractivity contribution >= 4 is 5.91 Å². The van der Waals surface area contributed by atoms with Crippen LogP contribution in [0, 0.1) is 0 Å². The van der Waals surface area contributed by atoms with Crippen molar-refractivity contribution in [1.29, 1.82) is 0 Å². The Balaban J connectivity index is 3.55. The topological polar surface area (TPSA) is 89.8 Å². The molecule has 0 heterocycles. The zero-order chi connectivity index (χ0) is 46.5. The molecule has 0 aromatic rings. The SMILES string of the molecule is CCCCCCCCCCCCCCCC/C=C/CC/C=C/CCCC(O)C(O)C(CO)NC(=O)CCCCCCCCCCCCCCCCCCCCCCCCCCCCC. The van der Waals surface area contributed by atoms with E-state index in [0.717, 1.165) is 44.9 Å². The average molecular weight is 903 g/mol. The molecule has 0 saturated carbocycles. The average Bonchev–Trinajstić information content (AvgIpc) is 3.30. The van der Waals surface area contributed by atoms with Gasteiger partial charge in [0.05, 0.1) is 18.8 Å². The van der Waals surface area contributed by atoms with E-state index in [-0.39, 0.29) is 12.5 Å². The molecular weight excluding hydrogens is 787 g/mol. The molecule has 0 aromatic carbocycles. The van der Waals surface area contributed by atoms with Gasteiger partial charge in [-0.3, -0.25) is 4.79 Å². The van der Waals surface area contributed by atoms with Crippen LogP contribution >= 0.6 is 0 Å². The van der Waals surface area contributed by atoms with Gasteiger partial charge >= 0.3 is 0 Å². The fraction of sp³-hybridized carbons (Fsp3) is 0.915. The van der Waals surface area contributed by atoms with Gasteiger partial charge in [-0.15, -0.1) is 0 Å². The van der Waals surface area contributed by atoms with E-state index in [1.807, 2.05) is 0 Å².